The molecule has 1 aliphatic carbocycles. The van der Waals surface area contributed by atoms with Crippen LogP contribution in [0.5, 0.6) is 11.5 Å². The fourth-order valence-electron chi connectivity index (χ4n) is 4.90. The highest BCUT2D eigenvalue weighted by atomic mass is 16.7. The summed E-state index contributed by atoms with van der Waals surface area (Å²) >= 11 is 0. The predicted molar refractivity (Wildman–Crippen MR) is 124 cm³/mol. The number of carbonyl (C=O) groups is 1. The summed E-state index contributed by atoms with van der Waals surface area (Å²) in [7, 11) is 2.11. The summed E-state index contributed by atoms with van der Waals surface area (Å²) in [6.45, 7) is 3.61. The van der Waals surface area contributed by atoms with Crippen LogP contribution in [0.3, 0.4) is 0 Å². The first-order valence-electron chi connectivity index (χ1n) is 11.2. The zero-order chi connectivity index (χ0) is 21.7. The van der Waals surface area contributed by atoms with Gasteiger partial charge in [0, 0.05) is 31.6 Å². The number of nitrogens with zero attached hydrogens (tertiary/aromatic N) is 3. The number of likely N-dealkylation sites (N-methyl/N-ethyl adjacent to an activating group) is 1. The van der Waals surface area contributed by atoms with Gasteiger partial charge in [0.1, 0.15) is 0 Å². The van der Waals surface area contributed by atoms with E-state index >= 15 is 0 Å². The van der Waals surface area contributed by atoms with Crippen LogP contribution in [0.25, 0.3) is 22.6 Å². The Morgan fingerprint density at radius 3 is 2.69 bits per heavy atom. The van der Waals surface area contributed by atoms with Gasteiger partial charge in [0.15, 0.2) is 11.5 Å². The van der Waals surface area contributed by atoms with Crippen molar-refractivity contribution in [1.29, 1.82) is 0 Å². The van der Waals surface area contributed by atoms with Crippen molar-refractivity contribution in [3.05, 3.63) is 64.8 Å². The van der Waals surface area contributed by atoms with E-state index in [-0.39, 0.29) is 12.7 Å². The van der Waals surface area contributed by atoms with E-state index in [0.29, 0.717) is 0 Å². The summed E-state index contributed by atoms with van der Waals surface area (Å²) < 4.78 is 11.0. The van der Waals surface area contributed by atoms with Gasteiger partial charge in [-0.05, 0) is 60.9 Å². The maximum absolute atomic E-state index is 13.7. The topological polar surface area (TPSA) is 54.9 Å². The molecular weight excluding hydrogens is 402 g/mol. The molecule has 0 saturated carbocycles. The molecule has 1 saturated heterocycles. The first-order chi connectivity index (χ1) is 15.7. The molecule has 1 aromatic heterocycles. The number of pyridine rings is 1. The Morgan fingerprint density at radius 1 is 1.00 bits per heavy atom. The molecule has 0 atom stereocenters. The van der Waals surface area contributed by atoms with Gasteiger partial charge in [-0.2, -0.15) is 0 Å². The molecule has 1 amide bonds. The molecule has 0 bridgehead atoms. The lowest BCUT2D eigenvalue weighted by atomic mass is 9.99. The molecule has 0 radical (unpaired) electrons. The highest BCUT2D eigenvalue weighted by molar-refractivity contribution is 6.09. The lowest BCUT2D eigenvalue weighted by Crippen LogP contribution is -2.47. The van der Waals surface area contributed by atoms with Gasteiger partial charge in [0.2, 0.25) is 6.79 Å². The van der Waals surface area contributed by atoms with E-state index < -0.39 is 0 Å². The van der Waals surface area contributed by atoms with Crippen LogP contribution in [0.2, 0.25) is 0 Å². The number of para-hydroxylation sites is 1. The highest BCUT2D eigenvalue weighted by Gasteiger charge is 2.30. The Kier molecular flexibility index (Phi) is 4.61. The molecule has 162 valence electrons. The number of ether oxygens (including phenoxy) is 2. The number of rotatable bonds is 2. The Morgan fingerprint density at radius 2 is 1.81 bits per heavy atom. The van der Waals surface area contributed by atoms with Crippen molar-refractivity contribution in [2.75, 3.05) is 40.0 Å². The van der Waals surface area contributed by atoms with E-state index in [9.17, 15) is 4.79 Å². The third kappa shape index (κ3) is 3.22. The summed E-state index contributed by atoms with van der Waals surface area (Å²) in [5, 5.41) is 0.958. The van der Waals surface area contributed by atoms with Crippen LogP contribution >= 0.6 is 0 Å². The molecule has 3 aromatic rings. The third-order valence-electron chi connectivity index (χ3n) is 6.68. The van der Waals surface area contributed by atoms with E-state index in [1.807, 2.05) is 47.4 Å². The summed E-state index contributed by atoms with van der Waals surface area (Å²) in [4.78, 5) is 23.0. The quantitative estimate of drug-likeness (QED) is 0.622. The van der Waals surface area contributed by atoms with Gasteiger partial charge in [0.05, 0.1) is 16.8 Å². The zero-order valence-electron chi connectivity index (χ0n) is 18.1. The van der Waals surface area contributed by atoms with Gasteiger partial charge in [0.25, 0.3) is 5.91 Å². The Bertz CT molecular complexity index is 1260. The molecule has 3 heterocycles. The number of piperazine rings is 1. The number of hydrogen-bond acceptors (Lipinski definition) is 5. The Hall–Kier alpha value is -3.38. The van der Waals surface area contributed by atoms with Crippen molar-refractivity contribution in [1.82, 2.24) is 14.8 Å². The number of aromatic nitrogens is 1. The van der Waals surface area contributed by atoms with Gasteiger partial charge >= 0.3 is 0 Å². The number of fused-ring (bicyclic) bond motifs is 3. The smallest absolute Gasteiger partial charge is 0.254 e. The molecule has 2 aromatic carbocycles. The van der Waals surface area contributed by atoms with Crippen molar-refractivity contribution in [3.63, 3.8) is 0 Å². The summed E-state index contributed by atoms with van der Waals surface area (Å²) in [6.07, 6.45) is 3.87. The van der Waals surface area contributed by atoms with Crippen LogP contribution in [0.15, 0.2) is 42.5 Å². The Labute approximate surface area is 187 Å². The monoisotopic (exact) mass is 427 g/mol. The average Bonchev–Trinajstić information content (AvgIpc) is 3.44. The minimum atomic E-state index is 0.136. The number of hydrogen-bond donors (Lipinski definition) is 0. The van der Waals surface area contributed by atoms with Gasteiger partial charge in [-0.3, -0.25) is 4.79 Å². The van der Waals surface area contributed by atoms with Crippen LogP contribution in [0.4, 0.5) is 0 Å². The highest BCUT2D eigenvalue weighted by Crippen LogP contribution is 2.39. The maximum atomic E-state index is 13.7. The fraction of sp³-hybridized carbons (Fsp3) is 0.308. The van der Waals surface area contributed by atoms with E-state index in [1.165, 1.54) is 0 Å². The fourth-order valence-corrected chi connectivity index (χ4v) is 4.90. The molecule has 32 heavy (non-hydrogen) atoms. The van der Waals surface area contributed by atoms with E-state index in [1.54, 1.807) is 0 Å². The number of carbonyl (C=O) groups excluding carboxylic acids is 1. The second kappa shape index (κ2) is 7.64. The second-order valence-corrected chi connectivity index (χ2v) is 8.71. The average molecular weight is 428 g/mol. The predicted octanol–water partition coefficient (Wildman–Crippen LogP) is 3.84. The summed E-state index contributed by atoms with van der Waals surface area (Å²) in [6, 6.07) is 14.0. The van der Waals surface area contributed by atoms with Crippen molar-refractivity contribution >= 4 is 28.5 Å². The first-order valence-corrected chi connectivity index (χ1v) is 11.2. The molecule has 6 nitrogen and oxygen atoms in total. The number of benzene rings is 2. The van der Waals surface area contributed by atoms with Crippen molar-refractivity contribution in [3.8, 4) is 11.5 Å². The van der Waals surface area contributed by atoms with Gasteiger partial charge in [-0.1, -0.05) is 24.3 Å². The van der Waals surface area contributed by atoms with Crippen molar-refractivity contribution in [2.24, 2.45) is 0 Å². The first kappa shape index (κ1) is 19.3. The van der Waals surface area contributed by atoms with E-state index in [2.05, 4.69) is 18.0 Å². The number of amides is 1. The van der Waals surface area contributed by atoms with Gasteiger partial charge in [-0.15, -0.1) is 0 Å². The molecule has 0 N–H and O–H groups in total. The third-order valence-corrected chi connectivity index (χ3v) is 6.68. The van der Waals surface area contributed by atoms with Crippen LogP contribution in [-0.4, -0.2) is 60.7 Å². The van der Waals surface area contributed by atoms with E-state index in [0.717, 1.165) is 89.4 Å². The Balaban J connectivity index is 1.44. The van der Waals surface area contributed by atoms with Gasteiger partial charge in [-0.25, -0.2) is 4.98 Å². The molecule has 6 heteroatoms. The van der Waals surface area contributed by atoms with Gasteiger partial charge < -0.3 is 19.3 Å². The molecule has 3 aliphatic rings. The lowest BCUT2D eigenvalue weighted by molar-refractivity contribution is 0.0665. The minimum absolute atomic E-state index is 0.136. The lowest BCUT2D eigenvalue weighted by Gasteiger charge is -2.33. The molecule has 0 unspecified atom stereocenters. The number of allylic oxidation sites excluding steroid dienone is 1. The molecule has 2 aliphatic heterocycles. The van der Waals surface area contributed by atoms with Crippen LogP contribution in [-0.2, 0) is 6.42 Å². The minimum Gasteiger partial charge on any atom is -0.454 e. The second-order valence-electron chi connectivity index (χ2n) is 8.71. The molecule has 0 spiro atoms. The van der Waals surface area contributed by atoms with Crippen molar-refractivity contribution < 1.29 is 14.3 Å². The normalized spacial score (nSPS) is 19.0. The molecule has 6 rings (SSSR count). The maximum Gasteiger partial charge on any atom is 0.254 e. The summed E-state index contributed by atoms with van der Waals surface area (Å²) in [5.74, 6) is 1.69. The SMILES string of the molecule is CN1CCN(C(=O)c2c3c(nc4ccccc24)/C(=C\c2ccc4c(c2)OCO4)CC3)CC1. The molecular formula is C26H25N3O3. The van der Waals surface area contributed by atoms with Crippen LogP contribution in [0, 0.1) is 0 Å². The standard InChI is InChI=1S/C26H25N3O3/c1-28-10-12-29(13-11-28)26(30)24-19-4-2-3-5-21(19)27-25-18(7-8-20(24)25)14-17-6-9-22-23(15-17)32-16-31-22/h2-6,9,14-15H,7-8,10-13,16H2,1H3/b18-14-. The largest absolute Gasteiger partial charge is 0.454 e. The zero-order valence-corrected chi connectivity index (χ0v) is 18.1. The van der Waals surface area contributed by atoms with Crippen molar-refractivity contribution in [2.45, 2.75) is 12.8 Å². The summed E-state index contributed by atoms with van der Waals surface area (Å²) in [5.41, 5.74) is 5.97. The van der Waals surface area contributed by atoms with Crippen LogP contribution < -0.4 is 9.47 Å². The van der Waals surface area contributed by atoms with E-state index in [4.69, 9.17) is 14.5 Å². The molecule has 1 fully saturated rings. The van der Waals surface area contributed by atoms with Crippen LogP contribution in [0.1, 0.15) is 33.6 Å².